The third-order valence-electron chi connectivity index (χ3n) is 7.63. The van der Waals surface area contributed by atoms with Crippen LogP contribution in [-0.2, 0) is 19.1 Å². The summed E-state index contributed by atoms with van der Waals surface area (Å²) in [7, 11) is 0. The summed E-state index contributed by atoms with van der Waals surface area (Å²) in [5.41, 5.74) is -0.550. The van der Waals surface area contributed by atoms with E-state index in [1.807, 2.05) is 32.9 Å². The highest BCUT2D eigenvalue weighted by Crippen LogP contribution is 2.63. The summed E-state index contributed by atoms with van der Waals surface area (Å²) < 4.78 is 6.56. The van der Waals surface area contributed by atoms with Gasteiger partial charge in [-0.2, -0.15) is 0 Å². The number of halogens is 1. The number of nitrogens with one attached hydrogen (secondary N) is 2. The van der Waals surface area contributed by atoms with Crippen LogP contribution in [-0.4, -0.2) is 64.7 Å². The topological polar surface area (TPSA) is 108 Å². The molecule has 3 fully saturated rings. The summed E-state index contributed by atoms with van der Waals surface area (Å²) in [6.45, 7) is 6.54. The summed E-state index contributed by atoms with van der Waals surface area (Å²) >= 11 is 6.36. The van der Waals surface area contributed by atoms with Crippen molar-refractivity contribution in [3.63, 3.8) is 0 Å². The molecule has 0 saturated carbocycles. The number of rotatable bonds is 9. The van der Waals surface area contributed by atoms with Gasteiger partial charge in [-0.3, -0.25) is 14.4 Å². The molecule has 3 heterocycles. The number of anilines is 1. The Morgan fingerprint density at radius 3 is 2.71 bits per heavy atom. The van der Waals surface area contributed by atoms with Crippen molar-refractivity contribution in [1.29, 1.82) is 0 Å². The second-order valence-corrected chi connectivity index (χ2v) is 10.3. The van der Waals surface area contributed by atoms with Crippen LogP contribution < -0.4 is 10.6 Å². The van der Waals surface area contributed by atoms with Crippen LogP contribution in [0.15, 0.2) is 18.2 Å². The van der Waals surface area contributed by atoms with Crippen LogP contribution in [0.1, 0.15) is 51.5 Å². The van der Waals surface area contributed by atoms with Gasteiger partial charge in [0.05, 0.1) is 28.1 Å². The molecule has 9 heteroatoms. The number of carbonyl (C=O) groups excluding carboxylic acids is 3. The van der Waals surface area contributed by atoms with Crippen molar-refractivity contribution in [2.75, 3.05) is 25.0 Å². The van der Waals surface area contributed by atoms with E-state index in [2.05, 4.69) is 10.6 Å². The molecule has 3 N–H and O–H groups in total. The first-order valence-electron chi connectivity index (χ1n) is 12.2. The molecule has 8 nitrogen and oxygen atoms in total. The van der Waals surface area contributed by atoms with E-state index in [0.29, 0.717) is 49.5 Å². The van der Waals surface area contributed by atoms with Gasteiger partial charge in [-0.25, -0.2) is 0 Å². The third kappa shape index (κ3) is 3.89. The van der Waals surface area contributed by atoms with E-state index < -0.39 is 29.1 Å². The first-order valence-corrected chi connectivity index (χ1v) is 12.5. The Hall–Kier alpha value is -2.16. The molecule has 1 aromatic rings. The van der Waals surface area contributed by atoms with Gasteiger partial charge in [0.1, 0.15) is 11.6 Å². The Kier molecular flexibility index (Phi) is 6.95. The number of aryl methyl sites for hydroxylation is 1. The van der Waals surface area contributed by atoms with Crippen molar-refractivity contribution in [2.45, 2.75) is 70.1 Å². The summed E-state index contributed by atoms with van der Waals surface area (Å²) in [6, 6.07) is 4.49. The van der Waals surface area contributed by atoms with Crippen molar-refractivity contribution in [3.8, 4) is 0 Å². The third-order valence-corrected chi connectivity index (χ3v) is 7.95. The van der Waals surface area contributed by atoms with Crippen molar-refractivity contribution >= 4 is 35.0 Å². The monoisotopic (exact) mass is 491 g/mol. The first-order chi connectivity index (χ1) is 16.2. The van der Waals surface area contributed by atoms with Crippen LogP contribution in [0.3, 0.4) is 0 Å². The van der Waals surface area contributed by atoms with Gasteiger partial charge in [-0.05, 0) is 57.6 Å². The molecule has 0 aromatic heterocycles. The van der Waals surface area contributed by atoms with E-state index >= 15 is 0 Å². The average Bonchev–Trinajstić information content (AvgIpc) is 3.36. The Bertz CT molecular complexity index is 967. The van der Waals surface area contributed by atoms with Gasteiger partial charge in [0.25, 0.3) is 0 Å². The minimum atomic E-state index is -1.07. The van der Waals surface area contributed by atoms with E-state index in [1.54, 1.807) is 11.0 Å². The number of unbranched alkanes of at least 4 members (excludes halogenated alkanes) is 1. The fourth-order valence-corrected chi connectivity index (χ4v) is 6.37. The van der Waals surface area contributed by atoms with Crippen LogP contribution in [0, 0.1) is 18.8 Å². The van der Waals surface area contributed by atoms with Crippen LogP contribution in [0.2, 0.25) is 5.02 Å². The van der Waals surface area contributed by atoms with Gasteiger partial charge >= 0.3 is 0 Å². The Morgan fingerprint density at radius 1 is 1.26 bits per heavy atom. The highest BCUT2D eigenvalue weighted by Gasteiger charge is 2.77. The van der Waals surface area contributed by atoms with Crippen molar-refractivity contribution in [3.05, 3.63) is 28.8 Å². The summed E-state index contributed by atoms with van der Waals surface area (Å²) in [6.07, 6.45) is 2.96. The number of hydrogen-bond acceptors (Lipinski definition) is 5. The molecule has 1 aromatic carbocycles. The number of aliphatic hydroxyl groups is 1. The molecule has 1 spiro atoms. The number of ether oxygens (including phenoxy) is 1. The van der Waals surface area contributed by atoms with Crippen LogP contribution in [0.5, 0.6) is 0 Å². The number of fused-ring (bicyclic) bond motifs is 1. The van der Waals surface area contributed by atoms with Gasteiger partial charge in [-0.15, -0.1) is 0 Å². The quantitative estimate of drug-likeness (QED) is 0.460. The highest BCUT2D eigenvalue weighted by atomic mass is 35.5. The fraction of sp³-hybridized carbons (Fsp3) is 0.640. The van der Waals surface area contributed by atoms with Gasteiger partial charge in [-0.1, -0.05) is 30.7 Å². The number of hydrogen-bond donors (Lipinski definition) is 3. The van der Waals surface area contributed by atoms with Crippen molar-refractivity contribution in [2.24, 2.45) is 11.8 Å². The zero-order chi connectivity index (χ0) is 24.7. The van der Waals surface area contributed by atoms with E-state index in [-0.39, 0.29) is 24.3 Å². The van der Waals surface area contributed by atoms with E-state index in [9.17, 15) is 19.5 Å². The predicted molar refractivity (Wildman–Crippen MR) is 128 cm³/mol. The molecule has 3 amide bonds. The zero-order valence-electron chi connectivity index (χ0n) is 20.0. The van der Waals surface area contributed by atoms with Crippen molar-refractivity contribution < 1.29 is 24.2 Å². The lowest BCUT2D eigenvalue weighted by Gasteiger charge is -2.33. The first kappa shape index (κ1) is 24.9. The largest absolute Gasteiger partial charge is 0.396 e. The standard InChI is InChI=1S/C25H34ClN3O5/c1-4-12-27-21(31)17-18-23(33)29(13-5-6-14-30)20(25(18)11-10-24(17,3)34-25)22(32)28-19-15(2)8-7-9-16(19)26/h7-9,17-18,20,30H,4-6,10-14H2,1-3H3,(H,27,31)(H,28,32)/t17-,18+,20?,24+,25?/m1/s1. The smallest absolute Gasteiger partial charge is 0.250 e. The van der Waals surface area contributed by atoms with Crippen LogP contribution >= 0.6 is 11.6 Å². The summed E-state index contributed by atoms with van der Waals surface area (Å²) in [5.74, 6) is -2.16. The van der Waals surface area contributed by atoms with Gasteiger partial charge in [0.2, 0.25) is 17.7 Å². The number of amides is 3. The molecule has 186 valence electrons. The lowest BCUT2D eigenvalue weighted by Crippen LogP contribution is -2.53. The maximum absolute atomic E-state index is 13.8. The molecule has 3 saturated heterocycles. The molecule has 5 atom stereocenters. The predicted octanol–water partition coefficient (Wildman–Crippen LogP) is 2.65. The maximum atomic E-state index is 13.8. The number of aliphatic hydroxyl groups excluding tert-OH is 1. The average molecular weight is 492 g/mol. The van der Waals surface area contributed by atoms with Gasteiger partial charge in [0.15, 0.2) is 0 Å². The molecule has 0 radical (unpaired) electrons. The number of para-hydroxylation sites is 1. The lowest BCUT2D eigenvalue weighted by atomic mass is 9.66. The number of carbonyl (C=O) groups is 3. The minimum absolute atomic E-state index is 0.00288. The molecular weight excluding hydrogens is 458 g/mol. The number of nitrogens with zero attached hydrogens (tertiary/aromatic N) is 1. The summed E-state index contributed by atoms with van der Waals surface area (Å²) in [5, 5.41) is 15.6. The van der Waals surface area contributed by atoms with Crippen LogP contribution in [0.4, 0.5) is 5.69 Å². The normalized spacial score (nSPS) is 31.6. The molecule has 4 rings (SSSR count). The zero-order valence-corrected chi connectivity index (χ0v) is 20.8. The molecule has 34 heavy (non-hydrogen) atoms. The summed E-state index contributed by atoms with van der Waals surface area (Å²) in [4.78, 5) is 42.3. The fourth-order valence-electron chi connectivity index (χ4n) is 6.10. The van der Waals surface area contributed by atoms with E-state index in [4.69, 9.17) is 16.3 Å². The van der Waals surface area contributed by atoms with Gasteiger partial charge in [0, 0.05) is 19.7 Å². The van der Waals surface area contributed by atoms with Crippen molar-refractivity contribution in [1.82, 2.24) is 10.2 Å². The SMILES string of the molecule is CCCNC(=O)[C@H]1[C@H]2C(=O)N(CCCCO)C(C(=O)Nc3c(C)cccc3Cl)C23CC[C@]1(C)O3. The number of likely N-dealkylation sites (tertiary alicyclic amines) is 1. The highest BCUT2D eigenvalue weighted by molar-refractivity contribution is 6.34. The molecule has 2 unspecified atom stereocenters. The van der Waals surface area contributed by atoms with Gasteiger partial charge < -0.3 is 25.4 Å². The maximum Gasteiger partial charge on any atom is 0.250 e. The van der Waals surface area contributed by atoms with E-state index in [1.165, 1.54) is 0 Å². The molecule has 0 aliphatic carbocycles. The number of benzene rings is 1. The molecule has 2 bridgehead atoms. The molecular formula is C25H34ClN3O5. The Balaban J connectivity index is 1.71. The minimum Gasteiger partial charge on any atom is -0.396 e. The molecule has 3 aliphatic rings. The Morgan fingerprint density at radius 2 is 2.03 bits per heavy atom. The second-order valence-electron chi connectivity index (χ2n) is 9.90. The molecule has 3 aliphatic heterocycles. The van der Waals surface area contributed by atoms with Crippen LogP contribution in [0.25, 0.3) is 0 Å². The lowest BCUT2D eigenvalue weighted by molar-refractivity contribution is -0.144. The second kappa shape index (κ2) is 9.47. The van der Waals surface area contributed by atoms with E-state index in [0.717, 1.165) is 12.0 Å². The Labute approximate surface area is 205 Å².